The number of hydrogen-bond donors (Lipinski definition) is 0. The number of alkyl halides is 3. The molecule has 0 N–H and O–H groups in total. The summed E-state index contributed by atoms with van der Waals surface area (Å²) in [6, 6.07) is 0. The highest BCUT2D eigenvalue weighted by Gasteiger charge is 2.38. The fourth-order valence-corrected chi connectivity index (χ4v) is 2.86. The number of halogens is 3. The van der Waals surface area contributed by atoms with Crippen molar-refractivity contribution >= 4 is 0 Å². The van der Waals surface area contributed by atoms with E-state index in [0.717, 1.165) is 18.8 Å². The summed E-state index contributed by atoms with van der Waals surface area (Å²) < 4.78 is 36.1. The number of hydrogen-bond acceptors (Lipinski definition) is 0. The van der Waals surface area contributed by atoms with Crippen LogP contribution < -0.4 is 0 Å². The lowest BCUT2D eigenvalue weighted by atomic mass is 9.69. The molecule has 0 bridgehead atoms. The van der Waals surface area contributed by atoms with E-state index in [1.165, 1.54) is 32.1 Å². The van der Waals surface area contributed by atoms with Gasteiger partial charge in [-0.15, -0.1) is 0 Å². The van der Waals surface area contributed by atoms with E-state index < -0.39 is 12.6 Å². The summed E-state index contributed by atoms with van der Waals surface area (Å²) >= 11 is 0. The average Bonchev–Trinajstić information content (AvgIpc) is 1.93. The summed E-state index contributed by atoms with van der Waals surface area (Å²) in [5, 5.41) is 0. The topological polar surface area (TPSA) is 0 Å². The predicted octanol–water partition coefficient (Wildman–Crippen LogP) is 4.55. The van der Waals surface area contributed by atoms with Gasteiger partial charge in [0.05, 0.1) is 0 Å². The van der Waals surface area contributed by atoms with Crippen molar-refractivity contribution in [3.05, 3.63) is 0 Å². The second-order valence-corrected chi connectivity index (χ2v) is 5.40. The first-order valence-corrected chi connectivity index (χ1v) is 6.09. The van der Waals surface area contributed by atoms with Gasteiger partial charge in [0.25, 0.3) is 0 Å². The molecule has 3 heteroatoms. The molecule has 0 aromatic carbocycles. The average molecular weight is 220 g/mol. The molecule has 0 heterocycles. The smallest absolute Gasteiger partial charge is 0.171 e. The molecule has 0 atom stereocenters. The summed E-state index contributed by atoms with van der Waals surface area (Å²) in [4.78, 5) is 0. The van der Waals surface area contributed by atoms with Crippen LogP contribution in [0.15, 0.2) is 0 Å². The Bertz CT molecular complexity index is 199. The summed E-state index contributed by atoms with van der Waals surface area (Å²) in [6.45, 7) is 0. The molecule has 0 saturated heterocycles. The van der Waals surface area contributed by atoms with Gasteiger partial charge >= 0.3 is 6.18 Å². The molecule has 0 unspecified atom stereocenters. The van der Waals surface area contributed by atoms with Gasteiger partial charge < -0.3 is 0 Å². The van der Waals surface area contributed by atoms with Gasteiger partial charge in [0.2, 0.25) is 0 Å². The molecular formula is C12H19F3. The Morgan fingerprint density at radius 1 is 0.867 bits per heavy atom. The lowest BCUT2D eigenvalue weighted by Crippen LogP contribution is -2.29. The van der Waals surface area contributed by atoms with Crippen molar-refractivity contribution < 1.29 is 13.2 Å². The molecule has 0 radical (unpaired) electrons. The van der Waals surface area contributed by atoms with E-state index in [4.69, 9.17) is 0 Å². The van der Waals surface area contributed by atoms with Crippen molar-refractivity contribution in [3.8, 4) is 0 Å². The second kappa shape index (κ2) is 4.34. The molecule has 88 valence electrons. The fourth-order valence-electron chi connectivity index (χ4n) is 2.86. The van der Waals surface area contributed by atoms with Gasteiger partial charge in [-0.2, -0.15) is 13.2 Å². The Kier molecular flexibility index (Phi) is 3.27. The van der Waals surface area contributed by atoms with Crippen molar-refractivity contribution in [3.63, 3.8) is 0 Å². The maximum atomic E-state index is 12.0. The molecule has 2 aliphatic carbocycles. The maximum Gasteiger partial charge on any atom is 0.389 e. The van der Waals surface area contributed by atoms with E-state index in [1.54, 1.807) is 0 Å². The molecule has 0 aromatic rings. The third kappa shape index (κ3) is 3.39. The van der Waals surface area contributed by atoms with Crippen molar-refractivity contribution in [1.29, 1.82) is 0 Å². The molecule has 2 saturated carbocycles. The Morgan fingerprint density at radius 3 is 1.93 bits per heavy atom. The lowest BCUT2D eigenvalue weighted by Gasteiger charge is -2.37. The van der Waals surface area contributed by atoms with Crippen LogP contribution in [0.4, 0.5) is 13.2 Å². The standard InChI is InChI=1S/C12H19F3/c13-12(14,15)8-11-6-10(7-11)5-4-9-2-1-3-9/h9-11H,1-8H2. The molecule has 0 aliphatic heterocycles. The molecule has 2 rings (SSSR count). The largest absolute Gasteiger partial charge is 0.389 e. The fraction of sp³-hybridized carbons (Fsp3) is 1.00. The first-order valence-electron chi connectivity index (χ1n) is 6.09. The minimum Gasteiger partial charge on any atom is -0.171 e. The van der Waals surface area contributed by atoms with Gasteiger partial charge in [-0.25, -0.2) is 0 Å². The van der Waals surface area contributed by atoms with Crippen LogP contribution >= 0.6 is 0 Å². The van der Waals surface area contributed by atoms with Gasteiger partial charge in [-0.3, -0.25) is 0 Å². The summed E-state index contributed by atoms with van der Waals surface area (Å²) in [5.41, 5.74) is 0. The molecule has 0 aromatic heterocycles. The molecule has 0 nitrogen and oxygen atoms in total. The zero-order valence-corrected chi connectivity index (χ0v) is 9.02. The molecule has 2 aliphatic rings. The summed E-state index contributed by atoms with van der Waals surface area (Å²) in [5.74, 6) is 1.46. The quantitative estimate of drug-likeness (QED) is 0.652. The van der Waals surface area contributed by atoms with Gasteiger partial charge in [0.1, 0.15) is 0 Å². The highest BCUT2D eigenvalue weighted by molar-refractivity contribution is 4.82. The summed E-state index contributed by atoms with van der Waals surface area (Å²) in [7, 11) is 0. The Morgan fingerprint density at radius 2 is 1.47 bits per heavy atom. The first-order chi connectivity index (χ1) is 7.03. The van der Waals surface area contributed by atoms with Gasteiger partial charge in [-0.1, -0.05) is 32.1 Å². The van der Waals surface area contributed by atoms with E-state index in [1.807, 2.05) is 0 Å². The molecule has 0 spiro atoms. The van der Waals surface area contributed by atoms with Gasteiger partial charge in [-0.05, 0) is 30.6 Å². The number of rotatable bonds is 4. The normalized spacial score (nSPS) is 32.2. The van der Waals surface area contributed by atoms with Crippen LogP contribution in [-0.4, -0.2) is 6.18 Å². The Labute approximate surface area is 89.2 Å². The van der Waals surface area contributed by atoms with Crippen LogP contribution in [0.1, 0.15) is 51.4 Å². The van der Waals surface area contributed by atoms with Gasteiger partial charge in [0.15, 0.2) is 0 Å². The molecule has 0 amide bonds. The van der Waals surface area contributed by atoms with Crippen LogP contribution in [0, 0.1) is 17.8 Å². The van der Waals surface area contributed by atoms with Gasteiger partial charge in [0, 0.05) is 6.42 Å². The highest BCUT2D eigenvalue weighted by atomic mass is 19.4. The Hall–Kier alpha value is -0.210. The lowest BCUT2D eigenvalue weighted by molar-refractivity contribution is -0.153. The van der Waals surface area contributed by atoms with Crippen molar-refractivity contribution in [2.24, 2.45) is 17.8 Å². The van der Waals surface area contributed by atoms with Crippen molar-refractivity contribution in [2.45, 2.75) is 57.5 Å². The third-order valence-corrected chi connectivity index (χ3v) is 4.06. The maximum absolute atomic E-state index is 12.0. The molecule has 15 heavy (non-hydrogen) atoms. The minimum absolute atomic E-state index is 0.0589. The predicted molar refractivity (Wildman–Crippen MR) is 53.5 cm³/mol. The van der Waals surface area contributed by atoms with Crippen LogP contribution in [-0.2, 0) is 0 Å². The minimum atomic E-state index is -3.94. The second-order valence-electron chi connectivity index (χ2n) is 5.40. The SMILES string of the molecule is FC(F)(F)CC1CC(CCC2CCC2)C1. The third-order valence-electron chi connectivity index (χ3n) is 4.06. The van der Waals surface area contributed by atoms with Crippen LogP contribution in [0.5, 0.6) is 0 Å². The van der Waals surface area contributed by atoms with Crippen molar-refractivity contribution in [2.75, 3.05) is 0 Å². The van der Waals surface area contributed by atoms with Crippen molar-refractivity contribution in [1.82, 2.24) is 0 Å². The van der Waals surface area contributed by atoms with E-state index in [9.17, 15) is 13.2 Å². The van der Waals surface area contributed by atoms with Crippen LogP contribution in [0.25, 0.3) is 0 Å². The molecule has 2 fully saturated rings. The van der Waals surface area contributed by atoms with E-state index >= 15 is 0 Å². The highest BCUT2D eigenvalue weighted by Crippen LogP contribution is 2.44. The zero-order chi connectivity index (χ0) is 10.9. The summed E-state index contributed by atoms with van der Waals surface area (Å²) in [6.07, 6.45) is 3.70. The van der Waals surface area contributed by atoms with E-state index in [-0.39, 0.29) is 5.92 Å². The van der Waals surface area contributed by atoms with Crippen LogP contribution in [0.3, 0.4) is 0 Å². The monoisotopic (exact) mass is 220 g/mol. The first kappa shape index (κ1) is 11.3. The van der Waals surface area contributed by atoms with E-state index in [2.05, 4.69) is 0 Å². The van der Waals surface area contributed by atoms with Crippen LogP contribution in [0.2, 0.25) is 0 Å². The molecular weight excluding hydrogens is 201 g/mol. The Balaban J connectivity index is 1.53. The zero-order valence-electron chi connectivity index (χ0n) is 9.02. The van der Waals surface area contributed by atoms with E-state index in [0.29, 0.717) is 5.92 Å².